The maximum absolute atomic E-state index is 13.5. The Bertz CT molecular complexity index is 1130. The average molecular weight is 388 g/mol. The number of para-hydroxylation sites is 1. The van der Waals surface area contributed by atoms with Crippen molar-refractivity contribution in [1.29, 1.82) is 0 Å². The molecule has 29 heavy (non-hydrogen) atoms. The molecule has 144 valence electrons. The van der Waals surface area contributed by atoms with E-state index in [9.17, 15) is 9.59 Å². The van der Waals surface area contributed by atoms with Crippen molar-refractivity contribution >= 4 is 23.1 Å². The van der Waals surface area contributed by atoms with Crippen molar-refractivity contribution in [3.8, 4) is 5.75 Å². The molecule has 2 atom stereocenters. The number of hydrogen-bond acceptors (Lipinski definition) is 6. The Hall–Kier alpha value is -3.87. The molecule has 1 aromatic heterocycles. The highest BCUT2D eigenvalue weighted by atomic mass is 16.7. The minimum absolute atomic E-state index is 0.137. The van der Waals surface area contributed by atoms with Crippen molar-refractivity contribution in [1.82, 2.24) is 0 Å². The molecule has 2 aliphatic rings. The molecule has 1 spiro atoms. The number of furan rings is 1. The maximum atomic E-state index is 13.5. The molecule has 0 saturated heterocycles. The first kappa shape index (κ1) is 17.2. The number of amides is 1. The number of rotatable bonds is 4. The number of hydrogen-bond donors (Lipinski definition) is 1. The fraction of sp³-hybridized carbons (Fsp3) is 0.136. The van der Waals surface area contributed by atoms with Gasteiger partial charge in [0, 0.05) is 16.8 Å². The number of fused-ring (bicyclic) bond motifs is 2. The van der Waals surface area contributed by atoms with Gasteiger partial charge in [-0.15, -0.1) is 0 Å². The summed E-state index contributed by atoms with van der Waals surface area (Å²) in [7, 11) is 1.57. The zero-order chi connectivity index (χ0) is 20.0. The average Bonchev–Trinajstić information content (AvgIpc) is 3.48. The van der Waals surface area contributed by atoms with Crippen LogP contribution in [0.2, 0.25) is 0 Å². The zero-order valence-corrected chi connectivity index (χ0v) is 15.4. The number of nitrogens with one attached hydrogen (secondary N) is 1. The lowest BCUT2D eigenvalue weighted by atomic mass is 9.75. The van der Waals surface area contributed by atoms with Crippen LogP contribution in [0.4, 0.5) is 5.69 Å². The number of carbonyl (C=O) groups is 2. The van der Waals surface area contributed by atoms with Gasteiger partial charge in [0.05, 0.1) is 13.4 Å². The maximum Gasteiger partial charge on any atom is 0.277 e. The highest BCUT2D eigenvalue weighted by molar-refractivity contribution is 6.24. The van der Waals surface area contributed by atoms with Crippen LogP contribution in [0.15, 0.2) is 76.5 Å². The predicted octanol–water partition coefficient (Wildman–Crippen LogP) is 3.37. The van der Waals surface area contributed by atoms with Crippen LogP contribution in [0.1, 0.15) is 21.7 Å². The van der Waals surface area contributed by atoms with Crippen molar-refractivity contribution in [2.75, 3.05) is 12.4 Å². The van der Waals surface area contributed by atoms with Crippen molar-refractivity contribution in [3.05, 3.63) is 83.8 Å². The van der Waals surface area contributed by atoms with E-state index in [1.807, 2.05) is 6.07 Å². The van der Waals surface area contributed by atoms with E-state index in [0.717, 1.165) is 0 Å². The van der Waals surface area contributed by atoms with E-state index in [2.05, 4.69) is 10.5 Å². The summed E-state index contributed by atoms with van der Waals surface area (Å²) >= 11 is 0. The first-order valence-corrected chi connectivity index (χ1v) is 9.04. The molecule has 0 radical (unpaired) electrons. The molecule has 0 aliphatic carbocycles. The minimum atomic E-state index is -1.59. The summed E-state index contributed by atoms with van der Waals surface area (Å²) in [6.45, 7) is 0. The Morgan fingerprint density at radius 1 is 1.10 bits per heavy atom. The molecule has 3 aromatic rings. The molecule has 2 aromatic carbocycles. The fourth-order valence-corrected chi connectivity index (χ4v) is 3.90. The number of methoxy groups -OCH3 is 1. The predicted molar refractivity (Wildman–Crippen MR) is 104 cm³/mol. The van der Waals surface area contributed by atoms with E-state index in [4.69, 9.17) is 14.0 Å². The number of carbonyl (C=O) groups excluding carboxylic acids is 2. The van der Waals surface area contributed by atoms with Gasteiger partial charge in [0.25, 0.3) is 11.5 Å². The second-order valence-electron chi connectivity index (χ2n) is 6.81. The molecule has 3 heterocycles. The van der Waals surface area contributed by atoms with Crippen molar-refractivity contribution in [2.45, 2.75) is 5.60 Å². The first-order chi connectivity index (χ1) is 14.1. The Balaban J connectivity index is 1.67. The molecule has 2 aliphatic heterocycles. The second-order valence-corrected chi connectivity index (χ2v) is 6.81. The van der Waals surface area contributed by atoms with Gasteiger partial charge in [0.2, 0.25) is 5.78 Å². The van der Waals surface area contributed by atoms with E-state index in [-0.39, 0.29) is 11.5 Å². The monoisotopic (exact) mass is 388 g/mol. The topological polar surface area (TPSA) is 90.1 Å². The SMILES string of the molecule is COc1ccc(C2=NO[C@]3(C(=O)Nc4ccccc43)[C@@H]2C(=O)c2ccco2)cc1. The third kappa shape index (κ3) is 2.40. The van der Waals surface area contributed by atoms with Gasteiger partial charge in [0.15, 0.2) is 5.76 Å². The van der Waals surface area contributed by atoms with Gasteiger partial charge >= 0.3 is 0 Å². The largest absolute Gasteiger partial charge is 0.497 e. The number of nitrogens with zero attached hydrogens (tertiary/aromatic N) is 1. The number of ether oxygens (including phenoxy) is 1. The van der Waals surface area contributed by atoms with E-state index in [1.54, 1.807) is 61.7 Å². The third-order valence-corrected chi connectivity index (χ3v) is 5.29. The lowest BCUT2D eigenvalue weighted by molar-refractivity contribution is -0.140. The Labute approximate surface area is 165 Å². The summed E-state index contributed by atoms with van der Waals surface area (Å²) in [6, 6.07) is 17.4. The molecular weight excluding hydrogens is 372 g/mol. The van der Waals surface area contributed by atoms with Gasteiger partial charge in [-0.2, -0.15) is 0 Å². The number of Topliss-reactive ketones (excluding diaryl/α,β-unsaturated/α-hetero) is 1. The summed E-state index contributed by atoms with van der Waals surface area (Å²) in [5, 5.41) is 7.02. The molecule has 0 saturated carbocycles. The number of anilines is 1. The van der Waals surface area contributed by atoms with Crippen LogP contribution in [0, 0.1) is 5.92 Å². The molecule has 1 N–H and O–H groups in total. The summed E-state index contributed by atoms with van der Waals surface area (Å²) in [5.41, 5.74) is 0.601. The summed E-state index contributed by atoms with van der Waals surface area (Å²) in [4.78, 5) is 32.4. The number of ketones is 1. The second kappa shape index (κ2) is 6.34. The van der Waals surface area contributed by atoms with Crippen molar-refractivity contribution in [2.24, 2.45) is 11.1 Å². The molecule has 0 bridgehead atoms. The zero-order valence-electron chi connectivity index (χ0n) is 15.4. The minimum Gasteiger partial charge on any atom is -0.497 e. The lowest BCUT2D eigenvalue weighted by Gasteiger charge is -2.26. The quantitative estimate of drug-likeness (QED) is 0.692. The van der Waals surface area contributed by atoms with Crippen LogP contribution in [0.3, 0.4) is 0 Å². The Kier molecular flexibility index (Phi) is 3.77. The summed E-state index contributed by atoms with van der Waals surface area (Å²) in [5.74, 6) is -1.02. The summed E-state index contributed by atoms with van der Waals surface area (Å²) in [6.07, 6.45) is 1.42. The van der Waals surface area contributed by atoms with Crippen LogP contribution >= 0.6 is 0 Å². The van der Waals surface area contributed by atoms with Crippen LogP contribution in [-0.2, 0) is 15.2 Å². The van der Waals surface area contributed by atoms with Crippen LogP contribution < -0.4 is 10.1 Å². The lowest BCUT2D eigenvalue weighted by Crippen LogP contribution is -2.46. The van der Waals surface area contributed by atoms with Crippen molar-refractivity contribution < 1.29 is 23.6 Å². The standard InChI is InChI=1S/C22H16N2O5/c1-27-14-10-8-13(9-11-14)19-18(20(25)17-7-4-12-28-17)22(29-24-19)15-5-2-3-6-16(15)23-21(22)26/h2-12,18H,1H3,(H,23,26)/t18-,22-/m0/s1. The molecule has 7 heteroatoms. The van der Waals surface area contributed by atoms with Gasteiger partial charge < -0.3 is 19.3 Å². The van der Waals surface area contributed by atoms with E-state index in [1.165, 1.54) is 6.26 Å². The highest BCUT2D eigenvalue weighted by Gasteiger charge is 2.63. The van der Waals surface area contributed by atoms with Gasteiger partial charge in [-0.25, -0.2) is 0 Å². The van der Waals surface area contributed by atoms with Crippen LogP contribution in [-0.4, -0.2) is 24.5 Å². The molecule has 7 nitrogen and oxygen atoms in total. The number of benzene rings is 2. The van der Waals surface area contributed by atoms with Crippen LogP contribution in [0.5, 0.6) is 5.75 Å². The van der Waals surface area contributed by atoms with Crippen molar-refractivity contribution in [3.63, 3.8) is 0 Å². The van der Waals surface area contributed by atoms with E-state index >= 15 is 0 Å². The molecule has 0 fully saturated rings. The smallest absolute Gasteiger partial charge is 0.277 e. The normalized spacial score (nSPS) is 22.0. The Morgan fingerprint density at radius 3 is 2.62 bits per heavy atom. The van der Waals surface area contributed by atoms with Gasteiger partial charge in [-0.3, -0.25) is 9.59 Å². The Morgan fingerprint density at radius 2 is 1.90 bits per heavy atom. The molecule has 5 rings (SSSR count). The van der Waals surface area contributed by atoms with Gasteiger partial charge in [-0.1, -0.05) is 23.4 Å². The van der Waals surface area contributed by atoms with E-state index in [0.29, 0.717) is 28.3 Å². The van der Waals surface area contributed by atoms with Gasteiger partial charge in [-0.05, 0) is 42.5 Å². The molecule has 0 unspecified atom stereocenters. The molecule has 1 amide bonds. The fourth-order valence-electron chi connectivity index (χ4n) is 3.90. The first-order valence-electron chi connectivity index (χ1n) is 9.04. The highest BCUT2D eigenvalue weighted by Crippen LogP contribution is 2.49. The van der Waals surface area contributed by atoms with Gasteiger partial charge in [0.1, 0.15) is 17.4 Å². The summed E-state index contributed by atoms with van der Waals surface area (Å²) < 4.78 is 10.5. The molecular formula is C22H16N2O5. The van der Waals surface area contributed by atoms with Crippen LogP contribution in [0.25, 0.3) is 0 Å². The third-order valence-electron chi connectivity index (χ3n) is 5.29. The number of oxime groups is 1. The van der Waals surface area contributed by atoms with E-state index < -0.39 is 17.4 Å².